The van der Waals surface area contributed by atoms with Crippen molar-refractivity contribution in [3.05, 3.63) is 58.9 Å². The van der Waals surface area contributed by atoms with Gasteiger partial charge in [0.1, 0.15) is 0 Å². The lowest BCUT2D eigenvalue weighted by Gasteiger charge is -2.17. The maximum absolute atomic E-state index is 13.3. The number of anilines is 1. The Morgan fingerprint density at radius 1 is 1.00 bits per heavy atom. The van der Waals surface area contributed by atoms with Crippen LogP contribution in [-0.4, -0.2) is 24.7 Å². The predicted octanol–water partition coefficient (Wildman–Crippen LogP) is 2.08. The van der Waals surface area contributed by atoms with Crippen molar-refractivity contribution in [2.45, 2.75) is 11.4 Å². The molecule has 130 valence electrons. The van der Waals surface area contributed by atoms with E-state index in [0.717, 1.165) is 23.1 Å². The number of nitrogens with zero attached hydrogens (tertiary/aromatic N) is 1. The smallest absolute Gasteiger partial charge is 0.299 e. The molecule has 0 fully saturated rings. The van der Waals surface area contributed by atoms with Gasteiger partial charge in [-0.05, 0) is 35.9 Å². The standard InChI is InChI=1S/C15H8F3NO5S/c16-10-3-7(4-11(17)13(10)18)6-19-12-2-1-8(25(22,23)24)5-9(12)14(20)15(19)21/h1-5H,6H2,(H,22,23,24). The normalized spacial score (nSPS) is 14.2. The lowest BCUT2D eigenvalue weighted by atomic mass is 10.1. The van der Waals surface area contributed by atoms with Crippen molar-refractivity contribution in [3.8, 4) is 0 Å². The number of halogens is 3. The second-order valence-electron chi connectivity index (χ2n) is 5.25. The van der Waals surface area contributed by atoms with Crippen molar-refractivity contribution in [3.63, 3.8) is 0 Å². The van der Waals surface area contributed by atoms with Crippen molar-refractivity contribution >= 4 is 27.5 Å². The molecule has 1 aliphatic heterocycles. The molecule has 0 bridgehead atoms. The minimum Gasteiger partial charge on any atom is -0.300 e. The summed E-state index contributed by atoms with van der Waals surface area (Å²) in [6.07, 6.45) is 0. The Labute approximate surface area is 139 Å². The van der Waals surface area contributed by atoms with Gasteiger partial charge >= 0.3 is 0 Å². The van der Waals surface area contributed by atoms with Gasteiger partial charge in [0.15, 0.2) is 17.5 Å². The summed E-state index contributed by atoms with van der Waals surface area (Å²) >= 11 is 0. The molecule has 0 atom stereocenters. The lowest BCUT2D eigenvalue weighted by molar-refractivity contribution is -0.114. The molecular formula is C15H8F3NO5S. The number of carbonyl (C=O) groups excluding carboxylic acids is 2. The molecule has 6 nitrogen and oxygen atoms in total. The van der Waals surface area contributed by atoms with Crippen LogP contribution in [0.2, 0.25) is 0 Å². The summed E-state index contributed by atoms with van der Waals surface area (Å²) in [6, 6.07) is 4.27. The Kier molecular flexibility index (Phi) is 3.88. The van der Waals surface area contributed by atoms with E-state index in [9.17, 15) is 31.2 Å². The van der Waals surface area contributed by atoms with E-state index in [1.807, 2.05) is 0 Å². The van der Waals surface area contributed by atoms with Crippen molar-refractivity contribution in [2.75, 3.05) is 4.90 Å². The van der Waals surface area contributed by atoms with Crippen LogP contribution in [0.1, 0.15) is 15.9 Å². The summed E-state index contributed by atoms with van der Waals surface area (Å²) in [7, 11) is -4.58. The van der Waals surface area contributed by atoms with Crippen LogP contribution in [0.3, 0.4) is 0 Å². The van der Waals surface area contributed by atoms with E-state index >= 15 is 0 Å². The van der Waals surface area contributed by atoms with Crippen LogP contribution in [0.5, 0.6) is 0 Å². The number of ketones is 1. The van der Waals surface area contributed by atoms with Crippen molar-refractivity contribution in [2.24, 2.45) is 0 Å². The number of hydrogen-bond acceptors (Lipinski definition) is 4. The molecule has 0 aliphatic carbocycles. The van der Waals surface area contributed by atoms with E-state index in [0.29, 0.717) is 12.1 Å². The van der Waals surface area contributed by atoms with Crippen molar-refractivity contribution < 1.29 is 35.7 Å². The molecule has 1 N–H and O–H groups in total. The largest absolute Gasteiger partial charge is 0.300 e. The lowest BCUT2D eigenvalue weighted by Crippen LogP contribution is -2.29. The number of amides is 1. The van der Waals surface area contributed by atoms with Crippen LogP contribution in [0, 0.1) is 17.5 Å². The monoisotopic (exact) mass is 371 g/mol. The van der Waals surface area contributed by atoms with Gasteiger partial charge in [0.2, 0.25) is 0 Å². The molecule has 0 radical (unpaired) electrons. The maximum atomic E-state index is 13.3. The van der Waals surface area contributed by atoms with Gasteiger partial charge in [0.05, 0.1) is 22.7 Å². The van der Waals surface area contributed by atoms with E-state index in [4.69, 9.17) is 4.55 Å². The zero-order valence-corrected chi connectivity index (χ0v) is 13.0. The summed E-state index contributed by atoms with van der Waals surface area (Å²) in [5, 5.41) is 0. The molecule has 3 rings (SSSR count). The third-order valence-corrected chi connectivity index (χ3v) is 4.47. The van der Waals surface area contributed by atoms with Crippen LogP contribution in [0.25, 0.3) is 0 Å². The Hall–Kier alpha value is -2.72. The van der Waals surface area contributed by atoms with Gasteiger partial charge in [-0.3, -0.25) is 14.1 Å². The molecule has 0 aromatic heterocycles. The Balaban J connectivity index is 2.03. The average molecular weight is 371 g/mol. The summed E-state index contributed by atoms with van der Waals surface area (Å²) in [5.74, 6) is -6.65. The van der Waals surface area contributed by atoms with E-state index in [2.05, 4.69) is 0 Å². The molecule has 2 aromatic carbocycles. The van der Waals surface area contributed by atoms with Gasteiger partial charge in [-0.2, -0.15) is 8.42 Å². The molecule has 1 amide bonds. The number of fused-ring (bicyclic) bond motifs is 1. The quantitative estimate of drug-likeness (QED) is 0.507. The highest BCUT2D eigenvalue weighted by atomic mass is 32.2. The molecule has 2 aromatic rings. The Morgan fingerprint density at radius 2 is 1.60 bits per heavy atom. The van der Waals surface area contributed by atoms with E-state index < -0.39 is 50.7 Å². The Bertz CT molecular complexity index is 1010. The maximum Gasteiger partial charge on any atom is 0.299 e. The second kappa shape index (κ2) is 5.67. The van der Waals surface area contributed by atoms with Crippen LogP contribution < -0.4 is 4.90 Å². The highest BCUT2D eigenvalue weighted by molar-refractivity contribution is 7.85. The van der Waals surface area contributed by atoms with Gasteiger partial charge in [0.25, 0.3) is 21.8 Å². The van der Waals surface area contributed by atoms with Gasteiger partial charge in [0, 0.05) is 0 Å². The molecule has 10 heteroatoms. The van der Waals surface area contributed by atoms with Gasteiger partial charge in [-0.25, -0.2) is 13.2 Å². The number of carbonyl (C=O) groups is 2. The first-order valence-corrected chi connectivity index (χ1v) is 8.15. The van der Waals surface area contributed by atoms with E-state index in [1.165, 1.54) is 0 Å². The number of rotatable bonds is 3. The summed E-state index contributed by atoms with van der Waals surface area (Å²) in [4.78, 5) is 24.4. The molecule has 0 saturated heterocycles. The first-order valence-electron chi connectivity index (χ1n) is 6.70. The summed E-state index contributed by atoms with van der Waals surface area (Å²) in [5.41, 5.74) is -0.375. The zero-order chi connectivity index (χ0) is 18.5. The van der Waals surface area contributed by atoms with Crippen LogP contribution in [-0.2, 0) is 21.5 Å². The molecule has 0 saturated carbocycles. The fourth-order valence-corrected chi connectivity index (χ4v) is 2.99. The molecule has 25 heavy (non-hydrogen) atoms. The number of hydrogen-bond donors (Lipinski definition) is 1. The highest BCUT2D eigenvalue weighted by Crippen LogP contribution is 2.32. The fourth-order valence-electron chi connectivity index (χ4n) is 2.48. The second-order valence-corrected chi connectivity index (χ2v) is 6.67. The van der Waals surface area contributed by atoms with Crippen molar-refractivity contribution in [1.29, 1.82) is 0 Å². The van der Waals surface area contributed by atoms with Crippen molar-refractivity contribution in [1.82, 2.24) is 0 Å². The SMILES string of the molecule is O=C1C(=O)N(Cc2cc(F)c(F)c(F)c2)c2ccc(S(=O)(=O)O)cc21. The minimum absolute atomic E-state index is 0.00698. The molecule has 0 spiro atoms. The van der Waals surface area contributed by atoms with E-state index in [1.54, 1.807) is 0 Å². The Morgan fingerprint density at radius 3 is 2.16 bits per heavy atom. The highest BCUT2D eigenvalue weighted by Gasteiger charge is 2.36. The first kappa shape index (κ1) is 17.1. The average Bonchev–Trinajstić information content (AvgIpc) is 2.76. The molecule has 1 aliphatic rings. The van der Waals surface area contributed by atoms with Gasteiger partial charge in [-0.15, -0.1) is 0 Å². The third kappa shape index (κ3) is 2.89. The van der Waals surface area contributed by atoms with E-state index in [-0.39, 0.29) is 16.8 Å². The summed E-state index contributed by atoms with van der Waals surface area (Å²) in [6.45, 7) is -0.434. The number of Topliss-reactive ketones (excluding diaryl/α,β-unsaturated/α-hetero) is 1. The van der Waals surface area contributed by atoms with Gasteiger partial charge in [-0.1, -0.05) is 0 Å². The minimum atomic E-state index is -4.58. The zero-order valence-electron chi connectivity index (χ0n) is 12.2. The summed E-state index contributed by atoms with van der Waals surface area (Å²) < 4.78 is 70.8. The number of benzene rings is 2. The molecule has 0 unspecified atom stereocenters. The third-order valence-electron chi connectivity index (χ3n) is 3.62. The van der Waals surface area contributed by atoms with Gasteiger partial charge < -0.3 is 4.90 Å². The van der Waals surface area contributed by atoms with Crippen LogP contribution >= 0.6 is 0 Å². The first-order chi connectivity index (χ1) is 11.6. The van der Waals surface area contributed by atoms with Crippen LogP contribution in [0.4, 0.5) is 18.9 Å². The molecular weight excluding hydrogens is 363 g/mol. The topological polar surface area (TPSA) is 91.8 Å². The molecule has 1 heterocycles. The predicted molar refractivity (Wildman–Crippen MR) is 78.1 cm³/mol. The van der Waals surface area contributed by atoms with Crippen LogP contribution in [0.15, 0.2) is 35.2 Å². The fraction of sp³-hybridized carbons (Fsp3) is 0.0667.